The van der Waals surface area contributed by atoms with Crippen molar-refractivity contribution in [3.8, 4) is 5.75 Å². The second-order valence-electron chi connectivity index (χ2n) is 7.54. The molecule has 0 spiro atoms. The third-order valence-electron chi connectivity index (χ3n) is 5.25. The third-order valence-corrected chi connectivity index (χ3v) is 5.25. The molecule has 31 heavy (non-hydrogen) atoms. The van der Waals surface area contributed by atoms with Gasteiger partial charge in [0, 0.05) is 26.5 Å². The SMILES string of the molecule is Cn1c(=O)[nH]c(=O)c2[nH]c(CCC(=O)Nc3ccccc3OCC3CCCCO3)nc21. The molecule has 1 saturated heterocycles. The average molecular weight is 427 g/mol. The van der Waals surface area contributed by atoms with Crippen LogP contribution < -0.4 is 21.3 Å². The van der Waals surface area contributed by atoms with Gasteiger partial charge in [-0.3, -0.25) is 19.1 Å². The number of fused-ring (bicyclic) bond motifs is 1. The molecule has 1 aromatic carbocycles. The van der Waals surface area contributed by atoms with E-state index in [0.29, 0.717) is 23.9 Å². The molecule has 2 aromatic heterocycles. The maximum atomic E-state index is 12.5. The number of aromatic nitrogens is 4. The number of H-pyrrole nitrogens is 2. The van der Waals surface area contributed by atoms with Crippen LogP contribution in [-0.4, -0.2) is 44.7 Å². The van der Waals surface area contributed by atoms with Crippen molar-refractivity contribution in [2.24, 2.45) is 7.05 Å². The van der Waals surface area contributed by atoms with Gasteiger partial charge in [0.15, 0.2) is 5.65 Å². The number of amides is 1. The zero-order valence-electron chi connectivity index (χ0n) is 17.3. The van der Waals surface area contributed by atoms with Gasteiger partial charge in [-0.25, -0.2) is 9.78 Å². The summed E-state index contributed by atoms with van der Waals surface area (Å²) in [5, 5.41) is 2.86. The number of para-hydroxylation sites is 2. The van der Waals surface area contributed by atoms with Crippen LogP contribution in [0.3, 0.4) is 0 Å². The predicted molar refractivity (Wildman–Crippen MR) is 114 cm³/mol. The molecule has 10 nitrogen and oxygen atoms in total. The van der Waals surface area contributed by atoms with Crippen LogP contribution in [0.15, 0.2) is 33.9 Å². The van der Waals surface area contributed by atoms with Crippen molar-refractivity contribution in [2.45, 2.75) is 38.2 Å². The van der Waals surface area contributed by atoms with Gasteiger partial charge in [-0.2, -0.15) is 0 Å². The molecule has 0 bridgehead atoms. The maximum absolute atomic E-state index is 12.5. The van der Waals surface area contributed by atoms with Gasteiger partial charge in [0.2, 0.25) is 5.91 Å². The zero-order chi connectivity index (χ0) is 21.8. The minimum atomic E-state index is -0.538. The molecule has 1 aliphatic heterocycles. The minimum Gasteiger partial charge on any atom is -0.489 e. The molecule has 1 fully saturated rings. The molecule has 1 unspecified atom stereocenters. The predicted octanol–water partition coefficient (Wildman–Crippen LogP) is 1.47. The number of ether oxygens (including phenoxy) is 2. The lowest BCUT2D eigenvalue weighted by atomic mass is 10.1. The van der Waals surface area contributed by atoms with E-state index in [9.17, 15) is 14.4 Å². The van der Waals surface area contributed by atoms with E-state index in [1.165, 1.54) is 11.6 Å². The Balaban J connectivity index is 1.37. The van der Waals surface area contributed by atoms with Crippen molar-refractivity contribution in [2.75, 3.05) is 18.5 Å². The summed E-state index contributed by atoms with van der Waals surface area (Å²) in [6.45, 7) is 1.20. The van der Waals surface area contributed by atoms with Crippen LogP contribution in [0.5, 0.6) is 5.75 Å². The second kappa shape index (κ2) is 9.17. The Morgan fingerprint density at radius 1 is 1.29 bits per heavy atom. The van der Waals surface area contributed by atoms with Crippen LogP contribution in [-0.2, 0) is 23.0 Å². The summed E-state index contributed by atoms with van der Waals surface area (Å²) < 4.78 is 12.8. The van der Waals surface area contributed by atoms with Gasteiger partial charge in [-0.05, 0) is 31.4 Å². The number of carbonyl (C=O) groups is 1. The summed E-state index contributed by atoms with van der Waals surface area (Å²) in [6.07, 6.45) is 3.69. The molecule has 0 aliphatic carbocycles. The minimum absolute atomic E-state index is 0.0738. The molecule has 1 amide bonds. The first-order valence-corrected chi connectivity index (χ1v) is 10.3. The first-order chi connectivity index (χ1) is 15.0. The molecule has 0 saturated carbocycles. The molecule has 1 aliphatic rings. The van der Waals surface area contributed by atoms with Crippen molar-refractivity contribution >= 4 is 22.8 Å². The van der Waals surface area contributed by atoms with Crippen LogP contribution >= 0.6 is 0 Å². The Labute approximate surface area is 177 Å². The molecule has 3 heterocycles. The fourth-order valence-corrected chi connectivity index (χ4v) is 3.53. The Kier molecular flexibility index (Phi) is 6.17. The number of benzene rings is 1. The molecule has 3 N–H and O–H groups in total. The number of aromatic amines is 2. The van der Waals surface area contributed by atoms with E-state index in [0.717, 1.165) is 25.9 Å². The Morgan fingerprint density at radius 2 is 2.13 bits per heavy atom. The van der Waals surface area contributed by atoms with Gasteiger partial charge in [-0.15, -0.1) is 0 Å². The lowest BCUT2D eigenvalue weighted by Gasteiger charge is -2.23. The number of carbonyl (C=O) groups excluding carboxylic acids is 1. The second-order valence-corrected chi connectivity index (χ2v) is 7.54. The van der Waals surface area contributed by atoms with Crippen molar-refractivity contribution in [3.05, 3.63) is 50.9 Å². The van der Waals surface area contributed by atoms with E-state index in [1.54, 1.807) is 6.07 Å². The highest BCUT2D eigenvalue weighted by molar-refractivity contribution is 5.92. The molecule has 3 aromatic rings. The molecule has 0 radical (unpaired) electrons. The molecular weight excluding hydrogens is 402 g/mol. The highest BCUT2D eigenvalue weighted by Crippen LogP contribution is 2.25. The zero-order valence-corrected chi connectivity index (χ0v) is 17.3. The summed E-state index contributed by atoms with van der Waals surface area (Å²) in [4.78, 5) is 45.5. The first-order valence-electron chi connectivity index (χ1n) is 10.3. The number of nitrogens with one attached hydrogen (secondary N) is 3. The summed E-state index contributed by atoms with van der Waals surface area (Å²) >= 11 is 0. The topological polar surface area (TPSA) is 131 Å². The summed E-state index contributed by atoms with van der Waals surface area (Å²) in [6, 6.07) is 7.27. The normalized spacial score (nSPS) is 16.4. The fourth-order valence-electron chi connectivity index (χ4n) is 3.53. The number of nitrogens with zero attached hydrogens (tertiary/aromatic N) is 2. The fraction of sp³-hybridized carbons (Fsp3) is 0.429. The number of hydrogen-bond donors (Lipinski definition) is 3. The number of aryl methyl sites for hydroxylation is 2. The van der Waals surface area contributed by atoms with Crippen molar-refractivity contribution in [3.63, 3.8) is 0 Å². The summed E-state index contributed by atoms with van der Waals surface area (Å²) in [7, 11) is 1.52. The highest BCUT2D eigenvalue weighted by atomic mass is 16.5. The first kappa shape index (κ1) is 20.9. The van der Waals surface area contributed by atoms with Crippen molar-refractivity contribution in [1.29, 1.82) is 0 Å². The lowest BCUT2D eigenvalue weighted by Crippen LogP contribution is -2.28. The third kappa shape index (κ3) is 4.85. The maximum Gasteiger partial charge on any atom is 0.329 e. The molecule has 164 valence electrons. The van der Waals surface area contributed by atoms with Gasteiger partial charge in [-0.1, -0.05) is 12.1 Å². The smallest absolute Gasteiger partial charge is 0.329 e. The molecular formula is C21H25N5O5. The largest absolute Gasteiger partial charge is 0.489 e. The molecule has 10 heteroatoms. The number of imidazole rings is 1. The van der Waals surface area contributed by atoms with Crippen LogP contribution in [0, 0.1) is 0 Å². The van der Waals surface area contributed by atoms with Gasteiger partial charge in [0.25, 0.3) is 5.56 Å². The highest BCUT2D eigenvalue weighted by Gasteiger charge is 2.16. The van der Waals surface area contributed by atoms with E-state index in [2.05, 4.69) is 20.3 Å². The van der Waals surface area contributed by atoms with Crippen molar-refractivity contribution in [1.82, 2.24) is 19.5 Å². The Morgan fingerprint density at radius 3 is 2.94 bits per heavy atom. The van der Waals surface area contributed by atoms with E-state index in [4.69, 9.17) is 9.47 Å². The number of rotatable bonds is 7. The van der Waals surface area contributed by atoms with Crippen LogP contribution in [0.25, 0.3) is 11.2 Å². The molecule has 4 rings (SSSR count). The van der Waals surface area contributed by atoms with Gasteiger partial charge >= 0.3 is 5.69 Å². The van der Waals surface area contributed by atoms with Gasteiger partial charge in [0.05, 0.1) is 11.8 Å². The number of hydrogen-bond acceptors (Lipinski definition) is 6. The lowest BCUT2D eigenvalue weighted by molar-refractivity contribution is -0.116. The summed E-state index contributed by atoms with van der Waals surface area (Å²) in [5.74, 6) is 0.833. The standard InChI is InChI=1S/C21H25N5O5/c1-26-19-18(20(28)25-21(26)29)23-16(24-19)9-10-17(27)22-14-7-2-3-8-15(14)31-12-13-6-4-5-11-30-13/h2-3,7-8,13H,4-6,9-12H2,1H3,(H,22,27)(H,23,24)(H,25,28,29). The van der Waals surface area contributed by atoms with E-state index in [1.807, 2.05) is 18.2 Å². The summed E-state index contributed by atoms with van der Waals surface area (Å²) in [5.41, 5.74) is -0.0152. The number of anilines is 1. The van der Waals surface area contributed by atoms with Crippen LogP contribution in [0.4, 0.5) is 5.69 Å². The molecule has 1 atom stereocenters. The Hall–Kier alpha value is -3.40. The van der Waals surface area contributed by atoms with Crippen LogP contribution in [0.1, 0.15) is 31.5 Å². The van der Waals surface area contributed by atoms with E-state index in [-0.39, 0.29) is 36.0 Å². The van der Waals surface area contributed by atoms with Crippen molar-refractivity contribution < 1.29 is 14.3 Å². The average Bonchev–Trinajstić information content (AvgIpc) is 3.22. The van der Waals surface area contributed by atoms with E-state index < -0.39 is 11.2 Å². The monoisotopic (exact) mass is 427 g/mol. The van der Waals surface area contributed by atoms with Gasteiger partial charge in [0.1, 0.15) is 23.7 Å². The van der Waals surface area contributed by atoms with Gasteiger partial charge < -0.3 is 19.8 Å². The van der Waals surface area contributed by atoms with Crippen LogP contribution in [0.2, 0.25) is 0 Å². The Bertz CT molecular complexity index is 1190. The quantitative estimate of drug-likeness (QED) is 0.523. The van der Waals surface area contributed by atoms with E-state index >= 15 is 0 Å².